The fourth-order valence-electron chi connectivity index (χ4n) is 1.67. The summed E-state index contributed by atoms with van der Waals surface area (Å²) in [6.45, 7) is 0.411. The number of benzene rings is 2. The molecule has 0 atom stereocenters. The van der Waals surface area contributed by atoms with E-state index in [-0.39, 0.29) is 11.5 Å². The summed E-state index contributed by atoms with van der Waals surface area (Å²) in [6, 6.07) is 8.57. The smallest absolute Gasteiger partial charge is 0.165 e. The van der Waals surface area contributed by atoms with Crippen molar-refractivity contribution in [2.75, 3.05) is 6.54 Å². The van der Waals surface area contributed by atoms with E-state index >= 15 is 0 Å². The Morgan fingerprint density at radius 3 is 2.63 bits per heavy atom. The monoisotopic (exact) mass is 327 g/mol. The van der Waals surface area contributed by atoms with Gasteiger partial charge in [0.25, 0.3) is 0 Å². The van der Waals surface area contributed by atoms with Crippen LogP contribution in [0.2, 0.25) is 0 Å². The summed E-state index contributed by atoms with van der Waals surface area (Å²) in [5.41, 5.74) is 6.14. The largest absolute Gasteiger partial charge is 0.454 e. The molecular weight excluding hydrogens is 316 g/mol. The molecule has 0 aliphatic carbocycles. The van der Waals surface area contributed by atoms with Gasteiger partial charge in [0.1, 0.15) is 11.6 Å². The van der Waals surface area contributed by atoms with Crippen molar-refractivity contribution in [1.82, 2.24) is 0 Å². The summed E-state index contributed by atoms with van der Waals surface area (Å²) in [5.74, 6) is -0.650. The van der Waals surface area contributed by atoms with Crippen LogP contribution in [-0.2, 0) is 6.42 Å². The van der Waals surface area contributed by atoms with Crippen LogP contribution in [0.15, 0.2) is 40.9 Å². The number of ether oxygens (including phenoxy) is 1. The summed E-state index contributed by atoms with van der Waals surface area (Å²) in [4.78, 5) is 0. The predicted molar refractivity (Wildman–Crippen MR) is 73.3 cm³/mol. The van der Waals surface area contributed by atoms with E-state index in [0.717, 1.165) is 0 Å². The first kappa shape index (κ1) is 14.0. The second-order valence-electron chi connectivity index (χ2n) is 4.01. The molecule has 2 nitrogen and oxygen atoms in total. The molecule has 0 aromatic heterocycles. The third kappa shape index (κ3) is 3.75. The molecule has 0 amide bonds. The molecule has 2 N–H and O–H groups in total. The molecule has 2 aromatic rings. The molecule has 0 bridgehead atoms. The Morgan fingerprint density at radius 2 is 1.89 bits per heavy atom. The van der Waals surface area contributed by atoms with Crippen molar-refractivity contribution in [2.24, 2.45) is 5.73 Å². The van der Waals surface area contributed by atoms with Gasteiger partial charge < -0.3 is 10.5 Å². The lowest BCUT2D eigenvalue weighted by molar-refractivity contribution is 0.438. The van der Waals surface area contributed by atoms with Crippen LogP contribution in [0.25, 0.3) is 0 Å². The lowest BCUT2D eigenvalue weighted by Gasteiger charge is -2.09. The summed E-state index contributed by atoms with van der Waals surface area (Å²) in [7, 11) is 0. The Hall–Kier alpha value is -1.46. The van der Waals surface area contributed by atoms with Crippen molar-refractivity contribution >= 4 is 15.9 Å². The topological polar surface area (TPSA) is 35.2 Å². The molecule has 100 valence electrons. The van der Waals surface area contributed by atoms with Crippen LogP contribution in [0.4, 0.5) is 8.78 Å². The van der Waals surface area contributed by atoms with Crippen LogP contribution in [-0.4, -0.2) is 6.54 Å². The van der Waals surface area contributed by atoms with Gasteiger partial charge in [-0.15, -0.1) is 0 Å². The van der Waals surface area contributed by atoms with E-state index in [0.29, 0.717) is 23.0 Å². The number of rotatable bonds is 4. The SMILES string of the molecule is NCCc1cc(F)cc(Oc2cc(Br)ccc2F)c1. The highest BCUT2D eigenvalue weighted by Gasteiger charge is 2.07. The van der Waals surface area contributed by atoms with Crippen molar-refractivity contribution < 1.29 is 13.5 Å². The molecule has 2 aromatic carbocycles. The third-order valence-corrected chi connectivity index (χ3v) is 2.98. The zero-order valence-corrected chi connectivity index (χ0v) is 11.6. The van der Waals surface area contributed by atoms with Crippen LogP contribution in [0.1, 0.15) is 5.56 Å². The van der Waals surface area contributed by atoms with Crippen LogP contribution < -0.4 is 10.5 Å². The number of nitrogens with two attached hydrogens (primary N) is 1. The highest BCUT2D eigenvalue weighted by molar-refractivity contribution is 9.10. The standard InChI is InChI=1S/C14H12BrF2NO/c15-10-1-2-13(17)14(7-10)19-12-6-9(3-4-18)5-11(16)8-12/h1-2,5-8H,3-4,18H2. The van der Waals surface area contributed by atoms with Crippen molar-refractivity contribution in [1.29, 1.82) is 0 Å². The van der Waals surface area contributed by atoms with Crippen LogP contribution in [0, 0.1) is 11.6 Å². The molecule has 0 saturated heterocycles. The third-order valence-electron chi connectivity index (χ3n) is 2.49. The number of hydrogen-bond donors (Lipinski definition) is 1. The van der Waals surface area contributed by atoms with Gasteiger partial charge in [-0.3, -0.25) is 0 Å². The lowest BCUT2D eigenvalue weighted by Crippen LogP contribution is -2.03. The quantitative estimate of drug-likeness (QED) is 0.920. The average Bonchev–Trinajstić information content (AvgIpc) is 2.33. The second-order valence-corrected chi connectivity index (χ2v) is 4.93. The summed E-state index contributed by atoms with van der Waals surface area (Å²) < 4.78 is 33.0. The van der Waals surface area contributed by atoms with Crippen molar-refractivity contribution in [3.05, 3.63) is 58.1 Å². The van der Waals surface area contributed by atoms with Gasteiger partial charge in [-0.2, -0.15) is 0 Å². The van der Waals surface area contributed by atoms with Gasteiger partial charge in [-0.05, 0) is 48.9 Å². The molecule has 0 heterocycles. The van der Waals surface area contributed by atoms with Gasteiger partial charge in [-0.25, -0.2) is 8.78 Å². The molecule has 0 saturated carbocycles. The van der Waals surface area contributed by atoms with Gasteiger partial charge in [0, 0.05) is 10.5 Å². The van der Waals surface area contributed by atoms with E-state index in [1.807, 2.05) is 0 Å². The molecule has 0 aliphatic heterocycles. The van der Waals surface area contributed by atoms with Crippen molar-refractivity contribution in [3.63, 3.8) is 0 Å². The number of halogens is 3. The molecule has 19 heavy (non-hydrogen) atoms. The van der Waals surface area contributed by atoms with E-state index in [4.69, 9.17) is 10.5 Å². The van der Waals surface area contributed by atoms with E-state index in [9.17, 15) is 8.78 Å². The molecule has 0 unspecified atom stereocenters. The number of hydrogen-bond acceptors (Lipinski definition) is 2. The summed E-state index contributed by atoms with van der Waals surface area (Å²) >= 11 is 3.23. The van der Waals surface area contributed by atoms with Gasteiger partial charge in [0.15, 0.2) is 11.6 Å². The predicted octanol–water partition coefficient (Wildman–Crippen LogP) is 4.02. The average molecular weight is 328 g/mol. The molecule has 0 fully saturated rings. The van der Waals surface area contributed by atoms with E-state index in [1.165, 1.54) is 24.3 Å². The molecule has 0 radical (unpaired) electrons. The Bertz CT molecular complexity index is 590. The Kier molecular flexibility index (Phi) is 4.50. The van der Waals surface area contributed by atoms with Gasteiger partial charge in [0.2, 0.25) is 0 Å². The molecule has 2 rings (SSSR count). The van der Waals surface area contributed by atoms with Crippen LogP contribution in [0.5, 0.6) is 11.5 Å². The summed E-state index contributed by atoms with van der Waals surface area (Å²) in [6.07, 6.45) is 0.537. The first-order valence-electron chi connectivity index (χ1n) is 5.71. The van der Waals surface area contributed by atoms with Crippen LogP contribution >= 0.6 is 15.9 Å². The zero-order chi connectivity index (χ0) is 13.8. The lowest BCUT2D eigenvalue weighted by atomic mass is 10.1. The minimum Gasteiger partial charge on any atom is -0.454 e. The van der Waals surface area contributed by atoms with Gasteiger partial charge >= 0.3 is 0 Å². The fourth-order valence-corrected chi connectivity index (χ4v) is 2.01. The fraction of sp³-hybridized carbons (Fsp3) is 0.143. The maximum Gasteiger partial charge on any atom is 0.165 e. The first-order chi connectivity index (χ1) is 9.08. The first-order valence-corrected chi connectivity index (χ1v) is 6.50. The normalized spacial score (nSPS) is 10.5. The minimum absolute atomic E-state index is 0.0404. The zero-order valence-electron chi connectivity index (χ0n) is 10.00. The highest BCUT2D eigenvalue weighted by Crippen LogP contribution is 2.28. The van der Waals surface area contributed by atoms with Gasteiger partial charge in [-0.1, -0.05) is 15.9 Å². The Labute approximate surface area is 118 Å². The van der Waals surface area contributed by atoms with Gasteiger partial charge in [0.05, 0.1) is 0 Å². The van der Waals surface area contributed by atoms with Crippen molar-refractivity contribution in [2.45, 2.75) is 6.42 Å². The highest BCUT2D eigenvalue weighted by atomic mass is 79.9. The molecular formula is C14H12BrF2NO. The maximum absolute atomic E-state index is 13.5. The van der Waals surface area contributed by atoms with Crippen LogP contribution in [0.3, 0.4) is 0 Å². The van der Waals surface area contributed by atoms with E-state index in [1.54, 1.807) is 12.1 Å². The molecule has 0 spiro atoms. The Balaban J connectivity index is 2.29. The maximum atomic E-state index is 13.5. The minimum atomic E-state index is -0.507. The van der Waals surface area contributed by atoms with E-state index in [2.05, 4.69) is 15.9 Å². The second kappa shape index (κ2) is 6.12. The molecule has 0 aliphatic rings. The Morgan fingerprint density at radius 1 is 1.11 bits per heavy atom. The van der Waals surface area contributed by atoms with E-state index < -0.39 is 11.6 Å². The molecule has 5 heteroatoms. The summed E-state index contributed by atoms with van der Waals surface area (Å²) in [5, 5.41) is 0. The van der Waals surface area contributed by atoms with Crippen molar-refractivity contribution in [3.8, 4) is 11.5 Å².